The Kier molecular flexibility index (Phi) is 4.23. The number of nitriles is 1. The highest BCUT2D eigenvalue weighted by Gasteiger charge is 2.45. The number of aromatic nitrogens is 1. The van der Waals surface area contributed by atoms with Gasteiger partial charge in [-0.15, -0.1) is 0 Å². The summed E-state index contributed by atoms with van der Waals surface area (Å²) in [4.78, 5) is 17.0. The molecule has 0 radical (unpaired) electrons. The zero-order valence-corrected chi connectivity index (χ0v) is 14.4. The van der Waals surface area contributed by atoms with Crippen LogP contribution in [-0.4, -0.2) is 22.0 Å². The van der Waals surface area contributed by atoms with E-state index >= 15 is 0 Å². The molecule has 6 heteroatoms. The molecular weight excluding hydrogens is 340 g/mol. The number of ether oxygens (including phenoxy) is 1. The Bertz CT molecular complexity index is 914. The number of aromatic hydroxyl groups is 1. The number of pyridine rings is 1. The van der Waals surface area contributed by atoms with Gasteiger partial charge in [-0.3, -0.25) is 9.78 Å². The minimum absolute atomic E-state index is 0.111. The second-order valence-electron chi connectivity index (χ2n) is 6.30. The number of nitrogens with zero attached hydrogens (tertiary/aromatic N) is 2. The maximum absolute atomic E-state index is 13.0. The molecule has 1 atom stereocenters. The number of Topliss-reactive ketones (excluding diaryl/α,β-unsaturated/α-hetero) is 1. The first-order valence-corrected chi connectivity index (χ1v) is 7.98. The Hall–Kier alpha value is -2.84. The Morgan fingerprint density at radius 3 is 2.52 bits per heavy atom. The molecule has 2 aromatic rings. The Balaban J connectivity index is 2.18. The lowest BCUT2D eigenvalue weighted by Gasteiger charge is -2.23. The maximum atomic E-state index is 13.0. The van der Waals surface area contributed by atoms with E-state index in [0.717, 1.165) is 0 Å². The molecule has 0 fully saturated rings. The summed E-state index contributed by atoms with van der Waals surface area (Å²) in [6, 6.07) is 10.2. The molecule has 126 valence electrons. The molecule has 0 spiro atoms. The van der Waals surface area contributed by atoms with Gasteiger partial charge in [0.15, 0.2) is 6.10 Å². The fraction of sp³-hybridized carbons (Fsp3) is 0.211. The third kappa shape index (κ3) is 2.97. The van der Waals surface area contributed by atoms with Gasteiger partial charge in [0.2, 0.25) is 5.78 Å². The first kappa shape index (κ1) is 17.0. The largest absolute Gasteiger partial charge is 0.506 e. The summed E-state index contributed by atoms with van der Waals surface area (Å²) in [7, 11) is 0. The van der Waals surface area contributed by atoms with Crippen LogP contribution in [0.5, 0.6) is 5.75 Å². The van der Waals surface area contributed by atoms with Gasteiger partial charge < -0.3 is 9.84 Å². The summed E-state index contributed by atoms with van der Waals surface area (Å²) in [5, 5.41) is 19.5. The smallest absolute Gasteiger partial charge is 0.209 e. The quantitative estimate of drug-likeness (QED) is 0.905. The number of carbonyl (C=O) groups excluding carboxylic acids is 1. The number of halogens is 1. The Morgan fingerprint density at radius 1 is 1.24 bits per heavy atom. The van der Waals surface area contributed by atoms with Crippen LogP contribution in [0.1, 0.15) is 25.0 Å². The number of phenolic OH excluding ortho intramolecular Hbond substituents is 1. The Morgan fingerprint density at radius 2 is 1.92 bits per heavy atom. The van der Waals surface area contributed by atoms with Gasteiger partial charge in [-0.2, -0.15) is 5.26 Å². The summed E-state index contributed by atoms with van der Waals surface area (Å²) >= 11 is 5.87. The summed E-state index contributed by atoms with van der Waals surface area (Å²) in [5.41, 5.74) is 0.502. The molecule has 3 rings (SSSR count). The second kappa shape index (κ2) is 6.23. The molecule has 0 amide bonds. The predicted molar refractivity (Wildman–Crippen MR) is 93.4 cm³/mol. The van der Waals surface area contributed by atoms with E-state index in [1.807, 2.05) is 0 Å². The van der Waals surface area contributed by atoms with E-state index in [1.54, 1.807) is 44.4 Å². The predicted octanol–water partition coefficient (Wildman–Crippen LogP) is 3.83. The van der Waals surface area contributed by atoms with Crippen molar-refractivity contribution in [3.05, 3.63) is 58.9 Å². The van der Waals surface area contributed by atoms with Gasteiger partial charge in [-0.05, 0) is 49.7 Å². The highest BCUT2D eigenvalue weighted by atomic mass is 35.5. The molecule has 2 heterocycles. The minimum Gasteiger partial charge on any atom is -0.506 e. The van der Waals surface area contributed by atoms with Crippen molar-refractivity contribution in [2.45, 2.75) is 20.0 Å². The van der Waals surface area contributed by atoms with Crippen molar-refractivity contribution in [2.75, 3.05) is 0 Å². The van der Waals surface area contributed by atoms with Crippen LogP contribution < -0.4 is 0 Å². The van der Waals surface area contributed by atoms with Gasteiger partial charge in [0.05, 0.1) is 22.1 Å². The number of benzene rings is 1. The van der Waals surface area contributed by atoms with Crippen LogP contribution in [0, 0.1) is 16.7 Å². The number of hydrogen-bond donors (Lipinski definition) is 1. The van der Waals surface area contributed by atoms with Gasteiger partial charge in [0.1, 0.15) is 11.5 Å². The van der Waals surface area contributed by atoms with Crippen molar-refractivity contribution >= 4 is 28.7 Å². The molecular formula is C19H15ClN2O3. The van der Waals surface area contributed by atoms with Gasteiger partial charge in [-0.1, -0.05) is 11.6 Å². The van der Waals surface area contributed by atoms with E-state index in [2.05, 4.69) is 11.1 Å². The van der Waals surface area contributed by atoms with E-state index in [0.29, 0.717) is 22.5 Å². The minimum atomic E-state index is -1.01. The third-order valence-electron chi connectivity index (χ3n) is 4.07. The summed E-state index contributed by atoms with van der Waals surface area (Å²) in [5.74, 6) is -0.0709. The topological polar surface area (TPSA) is 83.2 Å². The van der Waals surface area contributed by atoms with E-state index in [-0.39, 0.29) is 16.6 Å². The van der Waals surface area contributed by atoms with Crippen LogP contribution >= 0.6 is 11.6 Å². The van der Waals surface area contributed by atoms with Crippen LogP contribution in [0.15, 0.2) is 42.7 Å². The second-order valence-corrected chi connectivity index (χ2v) is 6.71. The number of phenols is 1. The lowest BCUT2D eigenvalue weighted by molar-refractivity contribution is -0.122. The molecule has 1 aliphatic rings. The number of hydrogen-bond acceptors (Lipinski definition) is 5. The molecule has 1 aromatic heterocycles. The van der Waals surface area contributed by atoms with Crippen molar-refractivity contribution in [2.24, 2.45) is 5.41 Å². The lowest BCUT2D eigenvalue weighted by atomic mass is 9.83. The van der Waals surface area contributed by atoms with Crippen molar-refractivity contribution in [1.29, 1.82) is 5.26 Å². The van der Waals surface area contributed by atoms with E-state index < -0.39 is 11.5 Å². The van der Waals surface area contributed by atoms with Crippen molar-refractivity contribution in [1.82, 2.24) is 4.98 Å². The summed E-state index contributed by atoms with van der Waals surface area (Å²) in [6.07, 6.45) is 2.22. The van der Waals surface area contributed by atoms with E-state index in [1.165, 1.54) is 12.1 Å². The molecule has 0 saturated heterocycles. The van der Waals surface area contributed by atoms with Gasteiger partial charge in [0, 0.05) is 18.0 Å². The molecule has 1 unspecified atom stereocenters. The normalized spacial score (nSPS) is 17.4. The average Bonchev–Trinajstić information content (AvgIpc) is 2.96. The van der Waals surface area contributed by atoms with Crippen LogP contribution in [0.2, 0.25) is 5.02 Å². The number of ketones is 1. The molecule has 5 nitrogen and oxygen atoms in total. The van der Waals surface area contributed by atoms with E-state index in [4.69, 9.17) is 16.3 Å². The van der Waals surface area contributed by atoms with Gasteiger partial charge >= 0.3 is 0 Å². The standard InChI is InChI=1S/C19H15ClN2O3/c1-19(2,10-21)18-16(24)15(11-5-7-22-8-6-11)17(25-18)12-3-4-13(20)14(23)9-12/h3-9,18,23H,1-2H3. The molecule has 1 aliphatic heterocycles. The SMILES string of the molecule is CC(C)(C#N)C1OC(c2ccc(Cl)c(O)c2)=C(c2ccncc2)C1=O. The highest BCUT2D eigenvalue weighted by Crippen LogP contribution is 2.42. The monoisotopic (exact) mass is 354 g/mol. The number of carbonyl (C=O) groups is 1. The molecule has 1 aromatic carbocycles. The van der Waals surface area contributed by atoms with Crippen LogP contribution in [0.4, 0.5) is 0 Å². The molecule has 1 N–H and O–H groups in total. The summed E-state index contributed by atoms with van der Waals surface area (Å²) in [6.45, 7) is 3.31. The average molecular weight is 355 g/mol. The van der Waals surface area contributed by atoms with Gasteiger partial charge in [-0.25, -0.2) is 0 Å². The zero-order chi connectivity index (χ0) is 18.2. The van der Waals surface area contributed by atoms with E-state index in [9.17, 15) is 15.2 Å². The van der Waals surface area contributed by atoms with Crippen molar-refractivity contribution in [3.63, 3.8) is 0 Å². The summed E-state index contributed by atoms with van der Waals surface area (Å²) < 4.78 is 5.91. The first-order valence-electron chi connectivity index (χ1n) is 7.61. The fourth-order valence-electron chi connectivity index (χ4n) is 2.67. The van der Waals surface area contributed by atoms with Crippen molar-refractivity contribution < 1.29 is 14.6 Å². The lowest BCUT2D eigenvalue weighted by Crippen LogP contribution is -2.34. The number of rotatable bonds is 3. The fourth-order valence-corrected chi connectivity index (χ4v) is 2.78. The van der Waals surface area contributed by atoms with Gasteiger partial charge in [0.25, 0.3) is 0 Å². The van der Waals surface area contributed by atoms with Crippen LogP contribution in [-0.2, 0) is 9.53 Å². The highest BCUT2D eigenvalue weighted by molar-refractivity contribution is 6.33. The first-order chi connectivity index (χ1) is 11.8. The molecule has 0 aliphatic carbocycles. The van der Waals surface area contributed by atoms with Crippen LogP contribution in [0.25, 0.3) is 11.3 Å². The Labute approximate surface area is 150 Å². The third-order valence-corrected chi connectivity index (χ3v) is 4.39. The maximum Gasteiger partial charge on any atom is 0.209 e. The van der Waals surface area contributed by atoms with Crippen molar-refractivity contribution in [3.8, 4) is 11.8 Å². The zero-order valence-electron chi connectivity index (χ0n) is 13.7. The molecule has 25 heavy (non-hydrogen) atoms. The molecule has 0 saturated carbocycles. The van der Waals surface area contributed by atoms with Crippen LogP contribution in [0.3, 0.4) is 0 Å². The molecule has 0 bridgehead atoms.